The Kier molecular flexibility index (Phi) is 7.55. The maximum Gasteiger partial charge on any atom is 0.325 e. The summed E-state index contributed by atoms with van der Waals surface area (Å²) in [6.07, 6.45) is 0. The van der Waals surface area contributed by atoms with Crippen LogP contribution in [-0.4, -0.2) is 65.2 Å². The fourth-order valence-electron chi connectivity index (χ4n) is 1.48. The highest BCUT2D eigenvalue weighted by molar-refractivity contribution is 5.83. The molecule has 0 aliphatic carbocycles. The molecule has 0 aliphatic rings. The Labute approximate surface area is 113 Å². The number of rotatable bonds is 7. The highest BCUT2D eigenvalue weighted by Gasteiger charge is 2.26. The molecule has 110 valence electrons. The second-order valence-electron chi connectivity index (χ2n) is 4.22. The first-order valence-corrected chi connectivity index (χ1v) is 6.26. The fraction of sp³-hybridized carbons (Fsp3) is 0.750. The molecule has 7 heteroatoms. The zero-order valence-corrected chi connectivity index (χ0v) is 11.9. The predicted molar refractivity (Wildman–Crippen MR) is 68.8 cm³/mol. The van der Waals surface area contributed by atoms with Crippen molar-refractivity contribution in [3.63, 3.8) is 0 Å². The SMILES string of the molecule is CCOC(=O)CN(C(=O)N(CC)CC(=O)O)C(C)C. The first-order chi connectivity index (χ1) is 8.83. The molecule has 0 saturated heterocycles. The van der Waals surface area contributed by atoms with E-state index in [4.69, 9.17) is 9.84 Å². The zero-order chi connectivity index (χ0) is 15.0. The summed E-state index contributed by atoms with van der Waals surface area (Å²) in [6, 6.07) is -0.701. The summed E-state index contributed by atoms with van der Waals surface area (Å²) < 4.78 is 4.80. The number of amides is 2. The Hall–Kier alpha value is -1.79. The van der Waals surface area contributed by atoms with Crippen LogP contribution in [-0.2, 0) is 14.3 Å². The number of carboxylic acids is 1. The quantitative estimate of drug-likeness (QED) is 0.693. The molecule has 0 aromatic heterocycles. The van der Waals surface area contributed by atoms with Gasteiger partial charge in [0.15, 0.2) is 0 Å². The molecule has 0 bridgehead atoms. The standard InChI is InChI=1S/C12H22N2O5/c1-5-13(7-10(15)16)12(18)14(9(3)4)8-11(17)19-6-2/h9H,5-8H2,1-4H3,(H,15,16). The third-order valence-corrected chi connectivity index (χ3v) is 2.45. The number of carboxylic acid groups (broad SMARTS) is 1. The van der Waals surface area contributed by atoms with Gasteiger partial charge in [-0.3, -0.25) is 9.59 Å². The molecule has 0 aliphatic heterocycles. The number of hydrogen-bond donors (Lipinski definition) is 1. The van der Waals surface area contributed by atoms with Crippen molar-refractivity contribution < 1.29 is 24.2 Å². The molecule has 0 heterocycles. The Bertz CT molecular complexity index is 330. The van der Waals surface area contributed by atoms with Crippen molar-refractivity contribution in [3.8, 4) is 0 Å². The van der Waals surface area contributed by atoms with Crippen LogP contribution in [0.25, 0.3) is 0 Å². The van der Waals surface area contributed by atoms with Gasteiger partial charge in [-0.15, -0.1) is 0 Å². The number of likely N-dealkylation sites (N-methyl/N-ethyl adjacent to an activating group) is 1. The number of esters is 1. The lowest BCUT2D eigenvalue weighted by Crippen LogP contribution is -2.50. The van der Waals surface area contributed by atoms with Gasteiger partial charge < -0.3 is 19.6 Å². The lowest BCUT2D eigenvalue weighted by Gasteiger charge is -2.31. The maximum absolute atomic E-state index is 12.2. The monoisotopic (exact) mass is 274 g/mol. The maximum atomic E-state index is 12.2. The average Bonchev–Trinajstić information content (AvgIpc) is 2.32. The molecule has 0 aromatic carbocycles. The van der Waals surface area contributed by atoms with Crippen molar-refractivity contribution in [1.29, 1.82) is 0 Å². The number of hydrogen-bond acceptors (Lipinski definition) is 4. The third kappa shape index (κ3) is 6.08. The number of nitrogens with zero attached hydrogens (tertiary/aromatic N) is 2. The molecule has 0 unspecified atom stereocenters. The van der Waals surface area contributed by atoms with E-state index in [1.165, 1.54) is 9.80 Å². The Morgan fingerprint density at radius 3 is 2.11 bits per heavy atom. The Balaban J connectivity index is 4.80. The summed E-state index contributed by atoms with van der Waals surface area (Å²) in [6.45, 7) is 6.81. The molecule has 7 nitrogen and oxygen atoms in total. The van der Waals surface area contributed by atoms with Gasteiger partial charge in [0.05, 0.1) is 6.61 Å². The van der Waals surface area contributed by atoms with Crippen LogP contribution in [0.15, 0.2) is 0 Å². The average molecular weight is 274 g/mol. The second-order valence-corrected chi connectivity index (χ2v) is 4.22. The zero-order valence-electron chi connectivity index (χ0n) is 11.9. The van der Waals surface area contributed by atoms with E-state index in [1.807, 2.05) is 0 Å². The Morgan fingerprint density at radius 2 is 1.74 bits per heavy atom. The van der Waals surface area contributed by atoms with Gasteiger partial charge in [-0.25, -0.2) is 4.79 Å². The summed E-state index contributed by atoms with van der Waals surface area (Å²) in [5.74, 6) is -1.59. The van der Waals surface area contributed by atoms with E-state index in [9.17, 15) is 14.4 Å². The summed E-state index contributed by atoms with van der Waals surface area (Å²) >= 11 is 0. The molecule has 19 heavy (non-hydrogen) atoms. The van der Waals surface area contributed by atoms with Gasteiger partial charge in [0.1, 0.15) is 13.1 Å². The topological polar surface area (TPSA) is 87.2 Å². The van der Waals surface area contributed by atoms with Gasteiger partial charge in [0.25, 0.3) is 0 Å². The normalized spacial score (nSPS) is 10.2. The second kappa shape index (κ2) is 8.34. The molecular weight excluding hydrogens is 252 g/mol. The molecule has 0 fully saturated rings. The van der Waals surface area contributed by atoms with Crippen molar-refractivity contribution in [3.05, 3.63) is 0 Å². The highest BCUT2D eigenvalue weighted by atomic mass is 16.5. The molecule has 0 aromatic rings. The van der Waals surface area contributed by atoms with Gasteiger partial charge in [0, 0.05) is 12.6 Å². The van der Waals surface area contributed by atoms with Crippen LogP contribution in [0.4, 0.5) is 4.79 Å². The molecule has 2 amide bonds. The van der Waals surface area contributed by atoms with Crippen molar-refractivity contribution >= 4 is 18.0 Å². The van der Waals surface area contributed by atoms with E-state index in [2.05, 4.69) is 0 Å². The van der Waals surface area contributed by atoms with E-state index in [-0.39, 0.29) is 32.3 Å². The first kappa shape index (κ1) is 17.2. The van der Waals surface area contributed by atoms with Crippen LogP contribution in [0.1, 0.15) is 27.7 Å². The van der Waals surface area contributed by atoms with Crippen molar-refractivity contribution in [2.45, 2.75) is 33.7 Å². The smallest absolute Gasteiger partial charge is 0.325 e. The van der Waals surface area contributed by atoms with Gasteiger partial charge in [0.2, 0.25) is 0 Å². The fourth-order valence-corrected chi connectivity index (χ4v) is 1.48. The van der Waals surface area contributed by atoms with Gasteiger partial charge in [-0.05, 0) is 27.7 Å². The number of carbonyl (C=O) groups excluding carboxylic acids is 2. The van der Waals surface area contributed by atoms with E-state index in [0.29, 0.717) is 0 Å². The minimum atomic E-state index is -1.09. The molecule has 0 saturated carbocycles. The largest absolute Gasteiger partial charge is 0.480 e. The number of carbonyl (C=O) groups is 3. The minimum Gasteiger partial charge on any atom is -0.480 e. The number of aliphatic carboxylic acids is 1. The minimum absolute atomic E-state index is 0.180. The predicted octanol–water partition coefficient (Wildman–Crippen LogP) is 0.786. The van der Waals surface area contributed by atoms with Crippen LogP contribution in [0.5, 0.6) is 0 Å². The lowest BCUT2D eigenvalue weighted by molar-refractivity contribution is -0.144. The molecule has 0 atom stereocenters. The number of urea groups is 1. The molecule has 1 N–H and O–H groups in total. The van der Waals surface area contributed by atoms with E-state index < -0.39 is 18.0 Å². The lowest BCUT2D eigenvalue weighted by atomic mass is 10.3. The van der Waals surface area contributed by atoms with Crippen molar-refractivity contribution in [2.75, 3.05) is 26.2 Å². The highest BCUT2D eigenvalue weighted by Crippen LogP contribution is 2.05. The van der Waals surface area contributed by atoms with Gasteiger partial charge in [-0.2, -0.15) is 0 Å². The van der Waals surface area contributed by atoms with Gasteiger partial charge >= 0.3 is 18.0 Å². The molecule has 0 radical (unpaired) electrons. The molecule has 0 rings (SSSR count). The molecule has 0 spiro atoms. The van der Waals surface area contributed by atoms with Crippen LogP contribution < -0.4 is 0 Å². The summed E-state index contributed by atoms with van der Waals surface area (Å²) in [7, 11) is 0. The summed E-state index contributed by atoms with van der Waals surface area (Å²) in [5.41, 5.74) is 0. The third-order valence-electron chi connectivity index (χ3n) is 2.45. The van der Waals surface area contributed by atoms with Crippen LogP contribution in [0, 0.1) is 0 Å². The van der Waals surface area contributed by atoms with Crippen molar-refractivity contribution in [1.82, 2.24) is 9.80 Å². The molecular formula is C12H22N2O5. The van der Waals surface area contributed by atoms with E-state index in [0.717, 1.165) is 0 Å². The first-order valence-electron chi connectivity index (χ1n) is 6.26. The van der Waals surface area contributed by atoms with Crippen LogP contribution >= 0.6 is 0 Å². The number of ether oxygens (including phenoxy) is 1. The summed E-state index contributed by atoms with van der Waals surface area (Å²) in [5, 5.41) is 8.75. The van der Waals surface area contributed by atoms with Crippen molar-refractivity contribution in [2.24, 2.45) is 0 Å². The van der Waals surface area contributed by atoms with E-state index in [1.54, 1.807) is 27.7 Å². The van der Waals surface area contributed by atoms with Crippen LogP contribution in [0.3, 0.4) is 0 Å². The van der Waals surface area contributed by atoms with E-state index >= 15 is 0 Å². The summed E-state index contributed by atoms with van der Waals surface area (Å²) in [4.78, 5) is 36.8. The Morgan fingerprint density at radius 1 is 1.16 bits per heavy atom. The van der Waals surface area contributed by atoms with Gasteiger partial charge in [-0.1, -0.05) is 0 Å². The van der Waals surface area contributed by atoms with Crippen LogP contribution in [0.2, 0.25) is 0 Å².